The second-order valence-electron chi connectivity index (χ2n) is 5.21. The van der Waals surface area contributed by atoms with Crippen molar-refractivity contribution < 1.29 is 27.5 Å². The van der Waals surface area contributed by atoms with Gasteiger partial charge in [0.05, 0.1) is 24.9 Å². The SMILES string of the molecule is COC(=O)C1(Cc2cnc(N)nn2)C[C@@H](C(F)(F)F)CNC1=O. The standard InChI is InChI=1S/C12H14F3N5O3/c1-23-9(22)11(3-7-5-18-10(16)20-19-7)2-6(12(13,14)15)4-17-8(11)21/h5-6H,2-4H2,1H3,(H,17,21)(H2,16,18,20)/t6-,11?/m1/s1. The first-order valence-electron chi connectivity index (χ1n) is 6.56. The molecule has 8 nitrogen and oxygen atoms in total. The molecule has 1 aromatic rings. The topological polar surface area (TPSA) is 120 Å². The number of piperidine rings is 1. The molecule has 1 unspecified atom stereocenters. The van der Waals surface area contributed by atoms with Gasteiger partial charge in [-0.05, 0) is 6.42 Å². The summed E-state index contributed by atoms with van der Waals surface area (Å²) in [4.78, 5) is 27.9. The maximum Gasteiger partial charge on any atom is 0.393 e. The number of nitrogen functional groups attached to an aromatic ring is 1. The van der Waals surface area contributed by atoms with Crippen LogP contribution in [-0.2, 0) is 20.7 Å². The highest BCUT2D eigenvalue weighted by Crippen LogP contribution is 2.41. The van der Waals surface area contributed by atoms with E-state index in [-0.39, 0.29) is 11.6 Å². The number of carbonyl (C=O) groups excluding carboxylic acids is 2. The van der Waals surface area contributed by atoms with Crippen LogP contribution in [0, 0.1) is 11.3 Å². The van der Waals surface area contributed by atoms with E-state index in [1.54, 1.807) is 0 Å². The van der Waals surface area contributed by atoms with Crippen molar-refractivity contribution in [2.45, 2.75) is 19.0 Å². The second-order valence-corrected chi connectivity index (χ2v) is 5.21. The number of esters is 1. The minimum atomic E-state index is -4.56. The van der Waals surface area contributed by atoms with E-state index in [0.29, 0.717) is 0 Å². The zero-order valence-corrected chi connectivity index (χ0v) is 12.1. The maximum absolute atomic E-state index is 13.0. The Morgan fingerprint density at radius 3 is 2.74 bits per heavy atom. The van der Waals surface area contributed by atoms with Crippen molar-refractivity contribution in [1.29, 1.82) is 0 Å². The van der Waals surface area contributed by atoms with E-state index in [9.17, 15) is 22.8 Å². The summed E-state index contributed by atoms with van der Waals surface area (Å²) in [7, 11) is 1.00. The fraction of sp³-hybridized carbons (Fsp3) is 0.583. The van der Waals surface area contributed by atoms with Crippen molar-refractivity contribution in [3.8, 4) is 0 Å². The van der Waals surface area contributed by atoms with E-state index in [1.807, 2.05) is 0 Å². The summed E-state index contributed by atoms with van der Waals surface area (Å²) >= 11 is 0. The Balaban J connectivity index is 2.38. The summed E-state index contributed by atoms with van der Waals surface area (Å²) in [6, 6.07) is 0. The van der Waals surface area contributed by atoms with Crippen LogP contribution in [0.4, 0.5) is 19.1 Å². The zero-order chi connectivity index (χ0) is 17.3. The van der Waals surface area contributed by atoms with Gasteiger partial charge >= 0.3 is 12.1 Å². The third-order valence-corrected chi connectivity index (χ3v) is 3.69. The molecule has 1 fully saturated rings. The number of carbonyl (C=O) groups is 2. The number of rotatable bonds is 3. The molecule has 0 radical (unpaired) electrons. The van der Waals surface area contributed by atoms with Crippen molar-refractivity contribution in [2.75, 3.05) is 19.4 Å². The molecule has 1 aromatic heterocycles. The average molecular weight is 333 g/mol. The van der Waals surface area contributed by atoms with Gasteiger partial charge in [0.1, 0.15) is 0 Å². The van der Waals surface area contributed by atoms with E-state index >= 15 is 0 Å². The molecule has 23 heavy (non-hydrogen) atoms. The quantitative estimate of drug-likeness (QED) is 0.583. The van der Waals surface area contributed by atoms with Gasteiger partial charge in [-0.15, -0.1) is 5.10 Å². The largest absolute Gasteiger partial charge is 0.468 e. The molecule has 3 N–H and O–H groups in total. The number of amides is 1. The normalized spacial score (nSPS) is 24.9. The fourth-order valence-corrected chi connectivity index (χ4v) is 2.50. The van der Waals surface area contributed by atoms with Crippen molar-refractivity contribution in [3.05, 3.63) is 11.9 Å². The Hall–Kier alpha value is -2.46. The van der Waals surface area contributed by atoms with E-state index in [2.05, 4.69) is 25.2 Å². The van der Waals surface area contributed by atoms with E-state index in [1.165, 1.54) is 0 Å². The number of aromatic nitrogens is 3. The smallest absolute Gasteiger partial charge is 0.393 e. The average Bonchev–Trinajstić information content (AvgIpc) is 2.49. The minimum absolute atomic E-state index is 0.0579. The predicted octanol–water partition coefficient (Wildman–Crippen LogP) is -0.146. The molecule has 2 atom stereocenters. The van der Waals surface area contributed by atoms with Gasteiger partial charge in [0.2, 0.25) is 11.9 Å². The Labute approximate surface area is 128 Å². The third kappa shape index (κ3) is 3.32. The van der Waals surface area contributed by atoms with Crippen molar-refractivity contribution in [2.24, 2.45) is 11.3 Å². The number of alkyl halides is 3. The summed E-state index contributed by atoms with van der Waals surface area (Å²) in [5, 5.41) is 9.24. The summed E-state index contributed by atoms with van der Waals surface area (Å²) in [6.45, 7) is -0.591. The van der Waals surface area contributed by atoms with Crippen LogP contribution >= 0.6 is 0 Å². The van der Waals surface area contributed by atoms with Crippen LogP contribution in [0.1, 0.15) is 12.1 Å². The lowest BCUT2D eigenvalue weighted by Crippen LogP contribution is -2.57. The Morgan fingerprint density at radius 1 is 1.52 bits per heavy atom. The summed E-state index contributed by atoms with van der Waals surface area (Å²) < 4.78 is 43.6. The first-order valence-corrected chi connectivity index (χ1v) is 6.56. The molecule has 0 spiro atoms. The van der Waals surface area contributed by atoms with Crippen LogP contribution in [0.5, 0.6) is 0 Å². The number of hydrogen-bond acceptors (Lipinski definition) is 7. The van der Waals surface area contributed by atoms with Gasteiger partial charge in [-0.2, -0.15) is 18.3 Å². The van der Waals surface area contributed by atoms with Gasteiger partial charge in [0.25, 0.3) is 0 Å². The van der Waals surface area contributed by atoms with Gasteiger partial charge in [0, 0.05) is 13.0 Å². The van der Waals surface area contributed by atoms with Crippen LogP contribution < -0.4 is 11.1 Å². The maximum atomic E-state index is 13.0. The van der Waals surface area contributed by atoms with Crippen molar-refractivity contribution >= 4 is 17.8 Å². The lowest BCUT2D eigenvalue weighted by atomic mass is 9.72. The fourth-order valence-electron chi connectivity index (χ4n) is 2.50. The summed E-state index contributed by atoms with van der Waals surface area (Å²) in [5.41, 5.74) is 3.30. The zero-order valence-electron chi connectivity index (χ0n) is 12.1. The molecule has 1 aliphatic heterocycles. The lowest BCUT2D eigenvalue weighted by Gasteiger charge is -2.38. The van der Waals surface area contributed by atoms with Crippen LogP contribution in [0.25, 0.3) is 0 Å². The molecule has 2 heterocycles. The monoisotopic (exact) mass is 333 g/mol. The molecule has 0 aromatic carbocycles. The van der Waals surface area contributed by atoms with Crippen LogP contribution in [0.2, 0.25) is 0 Å². The predicted molar refractivity (Wildman–Crippen MR) is 69.6 cm³/mol. The summed E-state index contributed by atoms with van der Waals surface area (Å²) in [5.74, 6) is -3.91. The van der Waals surface area contributed by atoms with Crippen LogP contribution in [-0.4, -0.2) is 46.9 Å². The Morgan fingerprint density at radius 2 is 2.22 bits per heavy atom. The highest BCUT2D eigenvalue weighted by atomic mass is 19.4. The molecular formula is C12H14F3N5O3. The highest BCUT2D eigenvalue weighted by molar-refractivity contribution is 6.03. The number of ether oxygens (including phenoxy) is 1. The number of halogens is 3. The molecule has 126 valence electrons. The highest BCUT2D eigenvalue weighted by Gasteiger charge is 2.56. The van der Waals surface area contributed by atoms with Gasteiger partial charge in [0.15, 0.2) is 5.41 Å². The number of anilines is 1. The van der Waals surface area contributed by atoms with Gasteiger partial charge in [-0.3, -0.25) is 9.59 Å². The van der Waals surface area contributed by atoms with Crippen LogP contribution in [0.3, 0.4) is 0 Å². The Bertz CT molecular complexity index is 597. The molecule has 0 bridgehead atoms. The van der Waals surface area contributed by atoms with E-state index in [0.717, 1.165) is 13.3 Å². The third-order valence-electron chi connectivity index (χ3n) is 3.69. The molecule has 1 amide bonds. The number of nitrogens with zero attached hydrogens (tertiary/aromatic N) is 3. The summed E-state index contributed by atoms with van der Waals surface area (Å²) in [6.07, 6.45) is -4.56. The van der Waals surface area contributed by atoms with E-state index in [4.69, 9.17) is 5.73 Å². The number of nitrogens with one attached hydrogen (secondary N) is 1. The molecule has 0 aliphatic carbocycles. The van der Waals surface area contributed by atoms with Crippen molar-refractivity contribution in [1.82, 2.24) is 20.5 Å². The van der Waals surface area contributed by atoms with E-state index < -0.39 is 48.8 Å². The molecule has 2 rings (SSSR count). The Kier molecular flexibility index (Phi) is 4.39. The second kappa shape index (κ2) is 5.97. The van der Waals surface area contributed by atoms with Gasteiger partial charge in [-0.25, -0.2) is 4.98 Å². The molecule has 1 aliphatic rings. The van der Waals surface area contributed by atoms with Crippen molar-refractivity contribution in [3.63, 3.8) is 0 Å². The number of hydrogen-bond donors (Lipinski definition) is 2. The van der Waals surface area contributed by atoms with Crippen LogP contribution in [0.15, 0.2) is 6.20 Å². The lowest BCUT2D eigenvalue weighted by molar-refractivity contribution is -0.195. The first-order chi connectivity index (χ1) is 10.7. The molecule has 11 heteroatoms. The number of nitrogens with two attached hydrogens (primary N) is 1. The first kappa shape index (κ1) is 16.9. The minimum Gasteiger partial charge on any atom is -0.468 e. The van der Waals surface area contributed by atoms with Gasteiger partial charge < -0.3 is 15.8 Å². The molecular weight excluding hydrogens is 319 g/mol. The molecule has 1 saturated heterocycles. The molecule has 0 saturated carbocycles. The number of methoxy groups -OCH3 is 1. The van der Waals surface area contributed by atoms with Gasteiger partial charge in [-0.1, -0.05) is 0 Å².